The predicted molar refractivity (Wildman–Crippen MR) is 92.1 cm³/mol. The highest BCUT2D eigenvalue weighted by molar-refractivity contribution is 6.33. The average Bonchev–Trinajstić information content (AvgIpc) is 2.50. The van der Waals surface area contributed by atoms with Gasteiger partial charge in [0.15, 0.2) is 0 Å². The first-order valence-electron chi connectivity index (χ1n) is 7.99. The van der Waals surface area contributed by atoms with Crippen molar-refractivity contribution in [3.05, 3.63) is 33.8 Å². The topological polar surface area (TPSA) is 29.3 Å². The van der Waals surface area contributed by atoms with Crippen LogP contribution in [0.15, 0.2) is 18.2 Å². The Balaban J connectivity index is 2.24. The maximum atomic E-state index is 6.39. The van der Waals surface area contributed by atoms with Crippen molar-refractivity contribution < 1.29 is 0 Å². The molecule has 1 aromatic carbocycles. The van der Waals surface area contributed by atoms with E-state index in [9.17, 15) is 0 Å². The van der Waals surface area contributed by atoms with Gasteiger partial charge >= 0.3 is 0 Å². The van der Waals surface area contributed by atoms with Gasteiger partial charge in [0.25, 0.3) is 0 Å². The van der Waals surface area contributed by atoms with E-state index in [1.165, 1.54) is 25.7 Å². The average molecular weight is 329 g/mol. The van der Waals surface area contributed by atoms with E-state index in [1.54, 1.807) is 0 Å². The number of halogens is 2. The molecule has 1 aliphatic carbocycles. The first-order valence-corrected chi connectivity index (χ1v) is 8.74. The molecule has 2 nitrogen and oxygen atoms in total. The molecule has 0 amide bonds. The molecule has 0 bridgehead atoms. The Bertz CT molecular complexity index is 464. The van der Waals surface area contributed by atoms with Crippen LogP contribution in [0.3, 0.4) is 0 Å². The lowest BCUT2D eigenvalue weighted by Gasteiger charge is -2.42. The Labute approximate surface area is 138 Å². The zero-order valence-electron chi connectivity index (χ0n) is 13.0. The molecule has 0 spiro atoms. The van der Waals surface area contributed by atoms with Gasteiger partial charge in [0, 0.05) is 22.1 Å². The molecule has 2 rings (SSSR count). The fourth-order valence-electron chi connectivity index (χ4n) is 3.71. The van der Waals surface area contributed by atoms with Gasteiger partial charge in [-0.3, -0.25) is 4.90 Å². The molecule has 3 unspecified atom stereocenters. The fourth-order valence-corrected chi connectivity index (χ4v) is 4.16. The van der Waals surface area contributed by atoms with E-state index >= 15 is 0 Å². The van der Waals surface area contributed by atoms with Crippen LogP contribution in [0, 0.1) is 5.92 Å². The summed E-state index contributed by atoms with van der Waals surface area (Å²) in [6, 6.07) is 6.55. The van der Waals surface area contributed by atoms with Crippen LogP contribution >= 0.6 is 23.2 Å². The Hall–Kier alpha value is -0.280. The van der Waals surface area contributed by atoms with E-state index in [1.807, 2.05) is 18.2 Å². The van der Waals surface area contributed by atoms with Gasteiger partial charge < -0.3 is 5.73 Å². The minimum atomic E-state index is 0.262. The third kappa shape index (κ3) is 3.92. The molecule has 1 aromatic rings. The quantitative estimate of drug-likeness (QED) is 0.833. The minimum absolute atomic E-state index is 0.262. The second kappa shape index (κ2) is 7.82. The molecule has 2 N–H and O–H groups in total. The van der Waals surface area contributed by atoms with Gasteiger partial charge in [-0.2, -0.15) is 0 Å². The molecule has 0 saturated heterocycles. The number of nitrogens with two attached hydrogens (primary N) is 1. The van der Waals surface area contributed by atoms with Crippen molar-refractivity contribution in [2.75, 3.05) is 13.1 Å². The predicted octanol–water partition coefficient (Wildman–Crippen LogP) is 4.89. The van der Waals surface area contributed by atoms with Crippen molar-refractivity contribution >= 4 is 23.2 Å². The summed E-state index contributed by atoms with van der Waals surface area (Å²) in [6.45, 7) is 6.22. The summed E-state index contributed by atoms with van der Waals surface area (Å²) in [5, 5.41) is 1.54. The highest BCUT2D eigenvalue weighted by atomic mass is 35.5. The molecule has 4 heteroatoms. The lowest BCUT2D eigenvalue weighted by atomic mass is 9.82. The van der Waals surface area contributed by atoms with Crippen molar-refractivity contribution in [2.45, 2.75) is 51.6 Å². The molecule has 0 aromatic heterocycles. The molecule has 1 aliphatic rings. The van der Waals surface area contributed by atoms with Crippen LogP contribution in [0.2, 0.25) is 10.0 Å². The molecule has 3 atom stereocenters. The SMILES string of the molecule is CCN(C(C)c1cc(Cl)ccc1Cl)C1CCCCC1CN. The summed E-state index contributed by atoms with van der Waals surface area (Å²) < 4.78 is 0. The second-order valence-electron chi connectivity index (χ2n) is 6.02. The van der Waals surface area contributed by atoms with Crippen molar-refractivity contribution in [1.82, 2.24) is 4.90 Å². The molecule has 0 heterocycles. The van der Waals surface area contributed by atoms with Gasteiger partial charge in [0.2, 0.25) is 0 Å². The van der Waals surface area contributed by atoms with Crippen LogP contribution in [0.4, 0.5) is 0 Å². The molecule has 0 radical (unpaired) electrons. The van der Waals surface area contributed by atoms with Gasteiger partial charge in [-0.1, -0.05) is 43.0 Å². The normalized spacial score (nSPS) is 24.3. The number of hydrogen-bond acceptors (Lipinski definition) is 2. The maximum Gasteiger partial charge on any atom is 0.0454 e. The highest BCUT2D eigenvalue weighted by Gasteiger charge is 2.32. The number of hydrogen-bond donors (Lipinski definition) is 1. The minimum Gasteiger partial charge on any atom is -0.330 e. The third-order valence-corrected chi connectivity index (χ3v) is 5.45. The molecular weight excluding hydrogens is 303 g/mol. The lowest BCUT2D eigenvalue weighted by Crippen LogP contribution is -2.46. The van der Waals surface area contributed by atoms with Crippen LogP contribution < -0.4 is 5.73 Å². The van der Waals surface area contributed by atoms with Gasteiger partial charge in [0.1, 0.15) is 0 Å². The van der Waals surface area contributed by atoms with Crippen molar-refractivity contribution in [3.63, 3.8) is 0 Å². The van der Waals surface area contributed by atoms with Crippen molar-refractivity contribution in [2.24, 2.45) is 11.7 Å². The standard InChI is InChI=1S/C17H26Cl2N2/c1-3-21(17-7-5-4-6-13(17)11-20)12(2)15-10-14(18)8-9-16(15)19/h8-10,12-13,17H,3-7,11,20H2,1-2H3. The Morgan fingerprint density at radius 2 is 2.00 bits per heavy atom. The maximum absolute atomic E-state index is 6.39. The molecular formula is C17H26Cl2N2. The van der Waals surface area contributed by atoms with Gasteiger partial charge in [-0.05, 0) is 62.5 Å². The Morgan fingerprint density at radius 3 is 2.67 bits per heavy atom. The monoisotopic (exact) mass is 328 g/mol. The van der Waals surface area contributed by atoms with Crippen LogP contribution in [0.1, 0.15) is 51.1 Å². The summed E-state index contributed by atoms with van der Waals surface area (Å²) in [7, 11) is 0. The lowest BCUT2D eigenvalue weighted by molar-refractivity contribution is 0.0770. The Morgan fingerprint density at radius 1 is 1.29 bits per heavy atom. The zero-order valence-corrected chi connectivity index (χ0v) is 14.5. The molecule has 118 valence electrons. The van der Waals surface area contributed by atoms with Crippen LogP contribution in [0.5, 0.6) is 0 Å². The molecule has 0 aliphatic heterocycles. The molecule has 1 fully saturated rings. The van der Waals surface area contributed by atoms with E-state index < -0.39 is 0 Å². The van der Waals surface area contributed by atoms with Crippen LogP contribution in [-0.4, -0.2) is 24.0 Å². The zero-order chi connectivity index (χ0) is 15.4. The fraction of sp³-hybridized carbons (Fsp3) is 0.647. The second-order valence-corrected chi connectivity index (χ2v) is 6.86. The number of rotatable bonds is 5. The number of benzene rings is 1. The summed E-state index contributed by atoms with van der Waals surface area (Å²) in [5.74, 6) is 0.596. The van der Waals surface area contributed by atoms with Gasteiger partial charge in [0.05, 0.1) is 0 Å². The van der Waals surface area contributed by atoms with Crippen LogP contribution in [-0.2, 0) is 0 Å². The highest BCUT2D eigenvalue weighted by Crippen LogP contribution is 2.36. The van der Waals surface area contributed by atoms with E-state index in [0.29, 0.717) is 12.0 Å². The molecule has 1 saturated carbocycles. The largest absolute Gasteiger partial charge is 0.330 e. The molecule has 21 heavy (non-hydrogen) atoms. The first-order chi connectivity index (χ1) is 10.1. The van der Waals surface area contributed by atoms with E-state index in [2.05, 4.69) is 18.7 Å². The third-order valence-electron chi connectivity index (χ3n) is 4.87. The van der Waals surface area contributed by atoms with Crippen molar-refractivity contribution in [3.8, 4) is 0 Å². The van der Waals surface area contributed by atoms with Gasteiger partial charge in [-0.15, -0.1) is 0 Å². The van der Waals surface area contributed by atoms with Crippen molar-refractivity contribution in [1.29, 1.82) is 0 Å². The van der Waals surface area contributed by atoms with E-state index in [0.717, 1.165) is 28.7 Å². The summed E-state index contributed by atoms with van der Waals surface area (Å²) in [6.07, 6.45) is 5.09. The first kappa shape index (κ1) is 17.1. The number of nitrogens with zero attached hydrogens (tertiary/aromatic N) is 1. The summed E-state index contributed by atoms with van der Waals surface area (Å²) in [5.41, 5.74) is 7.12. The summed E-state index contributed by atoms with van der Waals surface area (Å²) in [4.78, 5) is 2.55. The van der Waals surface area contributed by atoms with E-state index in [4.69, 9.17) is 28.9 Å². The van der Waals surface area contributed by atoms with Gasteiger partial charge in [-0.25, -0.2) is 0 Å². The summed E-state index contributed by atoms with van der Waals surface area (Å²) >= 11 is 12.5. The van der Waals surface area contributed by atoms with Crippen LogP contribution in [0.25, 0.3) is 0 Å². The Kier molecular flexibility index (Phi) is 6.36. The smallest absolute Gasteiger partial charge is 0.0454 e. The van der Waals surface area contributed by atoms with E-state index in [-0.39, 0.29) is 6.04 Å².